The molecule has 4 heterocycles. The molecule has 1 aliphatic rings. The molecule has 0 saturated carbocycles. The minimum atomic E-state index is -0.825. The van der Waals surface area contributed by atoms with Crippen LogP contribution in [0.1, 0.15) is 28.9 Å². The summed E-state index contributed by atoms with van der Waals surface area (Å²) in [5, 5.41) is 4.53. The molecule has 3 aromatic rings. The van der Waals surface area contributed by atoms with Gasteiger partial charge in [0, 0.05) is 25.5 Å². The molecule has 6 nitrogen and oxygen atoms in total. The molecule has 27 heavy (non-hydrogen) atoms. The van der Waals surface area contributed by atoms with Crippen molar-refractivity contribution in [2.45, 2.75) is 25.9 Å². The van der Waals surface area contributed by atoms with Crippen LogP contribution in [0, 0.1) is 6.92 Å². The highest BCUT2D eigenvalue weighted by Crippen LogP contribution is 2.24. The number of nitrogens with zero attached hydrogens (tertiary/aromatic N) is 5. The fraction of sp³-hybridized carbons (Fsp3) is 0.300. The number of aromatic nitrogens is 4. The number of carbonyl (C=O) groups is 1. The number of likely N-dealkylation sites (tertiary alicyclic amines) is 1. The molecule has 0 radical (unpaired) electrons. The number of aryl methyl sites for hydroxylation is 1. The fourth-order valence-electron chi connectivity index (χ4n) is 3.18. The van der Waals surface area contributed by atoms with Crippen molar-refractivity contribution in [3.8, 4) is 17.1 Å². The zero-order valence-corrected chi connectivity index (χ0v) is 15.0. The Labute approximate surface area is 156 Å². The number of piperidine rings is 1. The Bertz CT molecular complexity index is 931. The van der Waals surface area contributed by atoms with Crippen molar-refractivity contribution >= 4 is 5.91 Å². The van der Waals surface area contributed by atoms with E-state index in [-0.39, 0.29) is 5.91 Å². The molecule has 138 valence electrons. The Morgan fingerprint density at radius 3 is 2.67 bits per heavy atom. The average molecular weight is 365 g/mol. The standard InChI is InChI=1S/C20H20FN5O/c1-14-4-5-17(23-12-14)19-11-18(20(27)25-9-6-15(21)7-10-25)24-26(19)16-3-2-8-22-13-16/h2-5,8,11-13,15H,6-7,9-10H2,1H3. The van der Waals surface area contributed by atoms with E-state index in [4.69, 9.17) is 0 Å². The summed E-state index contributed by atoms with van der Waals surface area (Å²) < 4.78 is 15.1. The predicted octanol–water partition coefficient (Wildman–Crippen LogP) is 3.21. The number of rotatable bonds is 3. The van der Waals surface area contributed by atoms with Crippen LogP contribution in [0.15, 0.2) is 48.9 Å². The molecular weight excluding hydrogens is 345 g/mol. The molecule has 0 atom stereocenters. The zero-order valence-electron chi connectivity index (χ0n) is 15.0. The number of pyridine rings is 2. The Morgan fingerprint density at radius 1 is 1.19 bits per heavy atom. The largest absolute Gasteiger partial charge is 0.337 e. The SMILES string of the molecule is Cc1ccc(-c2cc(C(=O)N3CCC(F)CC3)nn2-c2cccnc2)nc1. The van der Waals surface area contributed by atoms with Gasteiger partial charge in [-0.3, -0.25) is 14.8 Å². The van der Waals surface area contributed by atoms with Crippen molar-refractivity contribution in [2.75, 3.05) is 13.1 Å². The van der Waals surface area contributed by atoms with Crippen LogP contribution < -0.4 is 0 Å². The van der Waals surface area contributed by atoms with E-state index in [0.29, 0.717) is 37.3 Å². The lowest BCUT2D eigenvalue weighted by Crippen LogP contribution is -2.39. The van der Waals surface area contributed by atoms with E-state index in [1.807, 2.05) is 31.2 Å². The number of halogens is 1. The molecule has 0 unspecified atom stereocenters. The lowest BCUT2D eigenvalue weighted by molar-refractivity contribution is 0.0660. The quantitative estimate of drug-likeness (QED) is 0.715. The molecule has 0 N–H and O–H groups in total. The molecule has 7 heteroatoms. The highest BCUT2D eigenvalue weighted by Gasteiger charge is 2.26. The van der Waals surface area contributed by atoms with Gasteiger partial charge in [-0.05, 0) is 49.6 Å². The lowest BCUT2D eigenvalue weighted by Gasteiger charge is -2.27. The molecule has 0 aliphatic carbocycles. The first-order valence-electron chi connectivity index (χ1n) is 8.98. The second-order valence-corrected chi connectivity index (χ2v) is 6.73. The number of carbonyl (C=O) groups excluding carboxylic acids is 1. The summed E-state index contributed by atoms with van der Waals surface area (Å²) in [6, 6.07) is 9.31. The van der Waals surface area contributed by atoms with E-state index in [1.54, 1.807) is 34.2 Å². The second kappa shape index (κ2) is 7.26. The van der Waals surface area contributed by atoms with Gasteiger partial charge in [0.2, 0.25) is 0 Å². The van der Waals surface area contributed by atoms with Gasteiger partial charge in [-0.1, -0.05) is 6.07 Å². The zero-order chi connectivity index (χ0) is 18.8. The minimum Gasteiger partial charge on any atom is -0.337 e. The van der Waals surface area contributed by atoms with Gasteiger partial charge in [0.15, 0.2) is 5.69 Å². The van der Waals surface area contributed by atoms with Crippen molar-refractivity contribution in [1.29, 1.82) is 0 Å². The maximum absolute atomic E-state index is 13.4. The third-order valence-corrected chi connectivity index (χ3v) is 4.70. The molecule has 4 rings (SSSR count). The van der Waals surface area contributed by atoms with E-state index in [9.17, 15) is 9.18 Å². The average Bonchev–Trinajstić information content (AvgIpc) is 3.15. The van der Waals surface area contributed by atoms with Crippen LogP contribution in [0.5, 0.6) is 0 Å². The first kappa shape index (κ1) is 17.3. The fourth-order valence-corrected chi connectivity index (χ4v) is 3.18. The van der Waals surface area contributed by atoms with Crippen LogP contribution in [-0.2, 0) is 0 Å². The molecule has 0 bridgehead atoms. The Kier molecular flexibility index (Phi) is 4.66. The van der Waals surface area contributed by atoms with Crippen molar-refractivity contribution < 1.29 is 9.18 Å². The summed E-state index contributed by atoms with van der Waals surface area (Å²) in [4.78, 5) is 23.2. The molecule has 0 aromatic carbocycles. The summed E-state index contributed by atoms with van der Waals surface area (Å²) in [5.74, 6) is -0.182. The van der Waals surface area contributed by atoms with Crippen LogP contribution in [0.4, 0.5) is 4.39 Å². The molecule has 1 aliphatic heterocycles. The van der Waals surface area contributed by atoms with Gasteiger partial charge in [0.1, 0.15) is 6.17 Å². The van der Waals surface area contributed by atoms with Crippen molar-refractivity contribution in [3.63, 3.8) is 0 Å². The second-order valence-electron chi connectivity index (χ2n) is 6.73. The summed E-state index contributed by atoms with van der Waals surface area (Å²) in [5.41, 5.74) is 3.56. The topological polar surface area (TPSA) is 63.9 Å². The maximum atomic E-state index is 13.4. The Hall–Kier alpha value is -3.09. The van der Waals surface area contributed by atoms with Crippen LogP contribution in [0.2, 0.25) is 0 Å². The first-order valence-corrected chi connectivity index (χ1v) is 8.98. The Morgan fingerprint density at radius 2 is 2.00 bits per heavy atom. The van der Waals surface area contributed by atoms with E-state index in [1.165, 1.54) is 0 Å². The minimum absolute atomic E-state index is 0.182. The summed E-state index contributed by atoms with van der Waals surface area (Å²) >= 11 is 0. The lowest BCUT2D eigenvalue weighted by atomic mass is 10.1. The van der Waals surface area contributed by atoms with E-state index in [0.717, 1.165) is 16.9 Å². The number of alkyl halides is 1. The maximum Gasteiger partial charge on any atom is 0.274 e. The van der Waals surface area contributed by atoms with Crippen LogP contribution >= 0.6 is 0 Å². The molecule has 1 fully saturated rings. The van der Waals surface area contributed by atoms with Gasteiger partial charge in [-0.2, -0.15) is 5.10 Å². The molecule has 1 saturated heterocycles. The van der Waals surface area contributed by atoms with Gasteiger partial charge in [0.05, 0.1) is 23.3 Å². The first-order chi connectivity index (χ1) is 13.1. The van der Waals surface area contributed by atoms with Gasteiger partial charge >= 0.3 is 0 Å². The number of amides is 1. The normalized spacial score (nSPS) is 15.1. The molecule has 3 aromatic heterocycles. The predicted molar refractivity (Wildman–Crippen MR) is 99.4 cm³/mol. The summed E-state index contributed by atoms with van der Waals surface area (Å²) in [6.07, 6.45) is 5.08. The summed E-state index contributed by atoms with van der Waals surface area (Å²) in [6.45, 7) is 2.80. The monoisotopic (exact) mass is 365 g/mol. The smallest absolute Gasteiger partial charge is 0.274 e. The number of hydrogen-bond acceptors (Lipinski definition) is 4. The molecule has 0 spiro atoms. The molecular formula is C20H20FN5O. The van der Waals surface area contributed by atoms with Crippen molar-refractivity contribution in [2.24, 2.45) is 0 Å². The summed E-state index contributed by atoms with van der Waals surface area (Å²) in [7, 11) is 0. The van der Waals surface area contributed by atoms with Gasteiger partial charge in [-0.25, -0.2) is 9.07 Å². The van der Waals surface area contributed by atoms with Crippen molar-refractivity contribution in [1.82, 2.24) is 24.6 Å². The van der Waals surface area contributed by atoms with Gasteiger partial charge in [-0.15, -0.1) is 0 Å². The third-order valence-electron chi connectivity index (χ3n) is 4.70. The van der Waals surface area contributed by atoms with E-state index >= 15 is 0 Å². The van der Waals surface area contributed by atoms with E-state index < -0.39 is 6.17 Å². The van der Waals surface area contributed by atoms with Crippen molar-refractivity contribution in [3.05, 3.63) is 60.2 Å². The number of hydrogen-bond donors (Lipinski definition) is 0. The highest BCUT2D eigenvalue weighted by molar-refractivity contribution is 5.93. The van der Waals surface area contributed by atoms with Crippen LogP contribution in [0.3, 0.4) is 0 Å². The Balaban J connectivity index is 1.73. The highest BCUT2D eigenvalue weighted by atomic mass is 19.1. The van der Waals surface area contributed by atoms with Crippen LogP contribution in [-0.4, -0.2) is 49.8 Å². The van der Waals surface area contributed by atoms with Gasteiger partial charge < -0.3 is 4.90 Å². The van der Waals surface area contributed by atoms with Gasteiger partial charge in [0.25, 0.3) is 5.91 Å². The molecule has 1 amide bonds. The third kappa shape index (κ3) is 3.58. The van der Waals surface area contributed by atoms with Crippen LogP contribution in [0.25, 0.3) is 17.1 Å². The van der Waals surface area contributed by atoms with E-state index in [2.05, 4.69) is 15.1 Å².